The van der Waals surface area contributed by atoms with Crippen molar-refractivity contribution in [2.24, 2.45) is 0 Å². The highest BCUT2D eigenvalue weighted by Crippen LogP contribution is 2.29. The van der Waals surface area contributed by atoms with Crippen LogP contribution >= 0.6 is 34.8 Å². The van der Waals surface area contributed by atoms with Crippen molar-refractivity contribution in [1.29, 1.82) is 0 Å². The smallest absolute Gasteiger partial charge is 0.271 e. The number of halogens is 3. The van der Waals surface area contributed by atoms with Crippen LogP contribution in [-0.2, 0) is 0 Å². The SMILES string of the molecule is CNC(=O)c1ccccc1Nc1nc(Cl)ncc1Cl.CNC(=O)c1ccccc1Nc1nc(Nc2cc([N+](=O)[O-])ccc2C)ncc1Cl.Cc1ccc([N+](=O)[O-])cc1N. The summed E-state index contributed by atoms with van der Waals surface area (Å²) in [6.45, 7) is 3.61. The number of nitrogens with one attached hydrogen (secondary N) is 5. The third-order valence-electron chi connectivity index (χ3n) is 7.91. The zero-order chi connectivity index (χ0) is 43.2. The Morgan fingerprint density at radius 1 is 0.627 bits per heavy atom. The second kappa shape index (κ2) is 20.8. The van der Waals surface area contributed by atoms with Crippen LogP contribution < -0.4 is 32.3 Å². The first-order chi connectivity index (χ1) is 28.1. The Labute approximate surface area is 351 Å². The van der Waals surface area contributed by atoms with E-state index >= 15 is 0 Å². The van der Waals surface area contributed by atoms with Crippen molar-refractivity contribution in [2.75, 3.05) is 35.8 Å². The predicted octanol–water partition coefficient (Wildman–Crippen LogP) is 8.57. The lowest BCUT2D eigenvalue weighted by molar-refractivity contribution is -0.385. The van der Waals surface area contributed by atoms with E-state index < -0.39 is 9.85 Å². The topological polar surface area (TPSA) is 258 Å². The van der Waals surface area contributed by atoms with Crippen LogP contribution in [0, 0.1) is 34.1 Å². The van der Waals surface area contributed by atoms with Gasteiger partial charge in [0.1, 0.15) is 10.0 Å². The van der Waals surface area contributed by atoms with Gasteiger partial charge in [-0.3, -0.25) is 29.8 Å². The number of nitrogen functional groups attached to an aromatic ring is 1. The number of carbonyl (C=O) groups is 2. The largest absolute Gasteiger partial charge is 0.398 e. The minimum absolute atomic E-state index is 0.0353. The zero-order valence-electron chi connectivity index (χ0n) is 31.6. The first-order valence-corrected chi connectivity index (χ1v) is 18.1. The molecule has 0 aliphatic rings. The van der Waals surface area contributed by atoms with Crippen LogP contribution in [0.5, 0.6) is 0 Å². The summed E-state index contributed by atoms with van der Waals surface area (Å²) < 4.78 is 0. The Morgan fingerprint density at radius 2 is 1.10 bits per heavy atom. The van der Waals surface area contributed by atoms with Crippen molar-refractivity contribution >= 4 is 98.3 Å². The second-order valence-corrected chi connectivity index (χ2v) is 13.1. The molecule has 304 valence electrons. The first kappa shape index (κ1) is 44.6. The van der Waals surface area contributed by atoms with Crippen LogP contribution in [0.25, 0.3) is 0 Å². The molecule has 59 heavy (non-hydrogen) atoms. The van der Waals surface area contributed by atoms with Gasteiger partial charge in [0.25, 0.3) is 23.2 Å². The van der Waals surface area contributed by atoms with E-state index in [-0.39, 0.29) is 45.3 Å². The number of nitro groups is 2. The molecule has 0 fully saturated rings. The molecule has 0 saturated heterocycles. The van der Waals surface area contributed by atoms with Gasteiger partial charge in [-0.05, 0) is 60.8 Å². The number of non-ortho nitro benzene ring substituents is 2. The summed E-state index contributed by atoms with van der Waals surface area (Å²) in [6, 6.07) is 22.8. The Morgan fingerprint density at radius 3 is 1.61 bits per heavy atom. The van der Waals surface area contributed by atoms with Crippen LogP contribution in [0.3, 0.4) is 0 Å². The quantitative estimate of drug-likeness (QED) is 0.0326. The molecule has 7 N–H and O–H groups in total. The number of amides is 2. The van der Waals surface area contributed by atoms with Crippen LogP contribution in [0.15, 0.2) is 97.3 Å². The molecule has 0 unspecified atom stereocenters. The summed E-state index contributed by atoms with van der Waals surface area (Å²) in [6.07, 6.45) is 2.79. The Bertz CT molecular complexity index is 2510. The van der Waals surface area contributed by atoms with E-state index in [0.717, 1.165) is 11.1 Å². The summed E-state index contributed by atoms with van der Waals surface area (Å²) in [5.74, 6) is 0.350. The molecule has 0 atom stereocenters. The van der Waals surface area contributed by atoms with E-state index in [1.807, 2.05) is 0 Å². The number of hydrogen-bond acceptors (Lipinski definition) is 14. The molecule has 0 radical (unpaired) electrons. The number of aromatic nitrogens is 4. The second-order valence-electron chi connectivity index (χ2n) is 11.9. The molecule has 6 rings (SSSR count). The molecule has 21 heteroatoms. The van der Waals surface area contributed by atoms with Crippen LogP contribution in [0.1, 0.15) is 31.8 Å². The van der Waals surface area contributed by atoms with Crippen molar-refractivity contribution in [1.82, 2.24) is 30.6 Å². The lowest BCUT2D eigenvalue weighted by atomic mass is 10.1. The standard InChI is InChI=1S/C19H17ClN6O3.C12H10Cl2N4O.C7H8N2O2/c1-11-7-8-12(26(28)29)9-16(11)24-19-22-10-14(20)17(25-19)23-15-6-4-3-5-13(15)18(27)21-2;1-15-11(19)7-4-2-3-5-9(7)17-10-8(13)6-16-12(14)18-10;1-5-2-3-6(9(10)11)4-7(5)8/h3-10H,1-2H3,(H,21,27)(H2,22,23,24,25);2-6H,1H3,(H,15,19)(H,16,17,18);2-4H,8H2,1H3. The van der Waals surface area contributed by atoms with E-state index in [0.29, 0.717) is 44.7 Å². The molecule has 0 bridgehead atoms. The fourth-order valence-corrected chi connectivity index (χ4v) is 5.18. The van der Waals surface area contributed by atoms with Crippen LogP contribution in [0.4, 0.5) is 51.7 Å². The van der Waals surface area contributed by atoms with Gasteiger partial charge in [0, 0.05) is 44.0 Å². The molecule has 18 nitrogen and oxygen atoms in total. The summed E-state index contributed by atoms with van der Waals surface area (Å²) in [4.78, 5) is 60.3. The summed E-state index contributed by atoms with van der Waals surface area (Å²) in [7, 11) is 3.10. The third-order valence-corrected chi connectivity index (χ3v) is 8.65. The average Bonchev–Trinajstić information content (AvgIpc) is 3.22. The maximum Gasteiger partial charge on any atom is 0.271 e. The average molecular weight is 862 g/mol. The molecule has 2 heterocycles. The summed E-state index contributed by atoms with van der Waals surface area (Å²) in [5, 5.41) is 36.0. The highest BCUT2D eigenvalue weighted by atomic mass is 35.5. The maximum atomic E-state index is 12.1. The maximum absolute atomic E-state index is 12.1. The third kappa shape index (κ3) is 12.4. The molecule has 0 aliphatic carbocycles. The lowest BCUT2D eigenvalue weighted by Gasteiger charge is -2.13. The van der Waals surface area contributed by atoms with Gasteiger partial charge in [-0.1, -0.05) is 59.6 Å². The van der Waals surface area contributed by atoms with Crippen molar-refractivity contribution in [3.05, 3.63) is 155 Å². The van der Waals surface area contributed by atoms with E-state index in [1.165, 1.54) is 36.7 Å². The number of nitro benzene ring substituents is 2. The molecule has 2 aromatic heterocycles. The number of anilines is 7. The molecule has 2 amide bonds. The number of hydrogen-bond donors (Lipinski definition) is 6. The predicted molar refractivity (Wildman–Crippen MR) is 229 cm³/mol. The van der Waals surface area contributed by atoms with E-state index in [1.54, 1.807) is 88.6 Å². The van der Waals surface area contributed by atoms with Gasteiger partial charge in [0.2, 0.25) is 11.2 Å². The first-order valence-electron chi connectivity index (χ1n) is 17.0. The molecular formula is C38H35Cl3N12O6. The van der Waals surface area contributed by atoms with Gasteiger partial charge >= 0.3 is 0 Å². The van der Waals surface area contributed by atoms with Gasteiger partial charge in [0.05, 0.1) is 50.4 Å². The van der Waals surface area contributed by atoms with Gasteiger partial charge in [0.15, 0.2) is 11.6 Å². The number of nitrogens with two attached hydrogens (primary N) is 1. The van der Waals surface area contributed by atoms with Crippen molar-refractivity contribution in [2.45, 2.75) is 13.8 Å². The number of nitrogens with zero attached hydrogens (tertiary/aromatic N) is 6. The Hall–Kier alpha value is -7.15. The van der Waals surface area contributed by atoms with E-state index in [2.05, 4.69) is 46.5 Å². The van der Waals surface area contributed by atoms with Gasteiger partial charge < -0.3 is 32.3 Å². The molecular weight excluding hydrogens is 827 g/mol. The number of aryl methyl sites for hydroxylation is 2. The zero-order valence-corrected chi connectivity index (χ0v) is 33.8. The van der Waals surface area contributed by atoms with Gasteiger partial charge in [-0.15, -0.1) is 0 Å². The Kier molecular flexibility index (Phi) is 15.7. The van der Waals surface area contributed by atoms with E-state index in [9.17, 15) is 29.8 Å². The van der Waals surface area contributed by atoms with Crippen molar-refractivity contribution in [3.63, 3.8) is 0 Å². The summed E-state index contributed by atoms with van der Waals surface area (Å²) in [5.41, 5.74) is 10.0. The van der Waals surface area contributed by atoms with Crippen molar-refractivity contribution in [3.8, 4) is 0 Å². The minimum atomic E-state index is -0.476. The van der Waals surface area contributed by atoms with Gasteiger partial charge in [-0.25, -0.2) is 9.97 Å². The molecule has 0 saturated carbocycles. The normalized spacial score (nSPS) is 10.1. The molecule has 0 spiro atoms. The lowest BCUT2D eigenvalue weighted by Crippen LogP contribution is -2.19. The van der Waals surface area contributed by atoms with Gasteiger partial charge in [-0.2, -0.15) is 9.97 Å². The summed E-state index contributed by atoms with van der Waals surface area (Å²) >= 11 is 17.9. The number of rotatable bonds is 10. The highest BCUT2D eigenvalue weighted by molar-refractivity contribution is 6.34. The molecule has 0 aliphatic heterocycles. The van der Waals surface area contributed by atoms with Crippen LogP contribution in [-0.4, -0.2) is 55.7 Å². The fourth-order valence-electron chi connectivity index (χ4n) is 4.77. The monoisotopic (exact) mass is 860 g/mol. The molecule has 6 aromatic rings. The number of benzene rings is 4. The number of carbonyl (C=O) groups excluding carboxylic acids is 2. The highest BCUT2D eigenvalue weighted by Gasteiger charge is 2.15. The van der Waals surface area contributed by atoms with Crippen molar-refractivity contribution < 1.29 is 19.4 Å². The minimum Gasteiger partial charge on any atom is -0.398 e. The Balaban J connectivity index is 0.000000219. The van der Waals surface area contributed by atoms with E-state index in [4.69, 9.17) is 40.5 Å². The molecule has 4 aromatic carbocycles. The number of para-hydroxylation sites is 2. The van der Waals surface area contributed by atoms with Crippen LogP contribution in [0.2, 0.25) is 15.3 Å². The fraction of sp³-hybridized carbons (Fsp3) is 0.105.